The van der Waals surface area contributed by atoms with E-state index >= 15 is 0 Å². The summed E-state index contributed by atoms with van der Waals surface area (Å²) >= 11 is 0. The topological polar surface area (TPSA) is 78.4 Å². The summed E-state index contributed by atoms with van der Waals surface area (Å²) in [5.41, 5.74) is 4.98. The van der Waals surface area contributed by atoms with Gasteiger partial charge in [0.1, 0.15) is 5.69 Å². The second kappa shape index (κ2) is 7.48. The molecule has 4 heterocycles. The summed E-state index contributed by atoms with van der Waals surface area (Å²) < 4.78 is 1.94. The summed E-state index contributed by atoms with van der Waals surface area (Å²) in [7, 11) is 3.94. The van der Waals surface area contributed by atoms with Crippen LogP contribution in [0.15, 0.2) is 16.9 Å². The van der Waals surface area contributed by atoms with Gasteiger partial charge in [0.25, 0.3) is 11.5 Å². The standard InChI is InChI=1S/C24H30N4O3/c1-14-21-18(5-4-6-20(21)29)25-22(14)24(31)27-10-15-9-17(13-27)19-8-7-16(12-26(2)3)23(30)28(19)11-15/h7-8,15,17,25H,4-6,9-13H2,1-3H3/t15-,17+/m0/s1. The molecule has 0 radical (unpaired) electrons. The van der Waals surface area contributed by atoms with E-state index in [0.29, 0.717) is 38.3 Å². The van der Waals surface area contributed by atoms with Crippen LogP contribution in [0.5, 0.6) is 0 Å². The normalized spacial score (nSPS) is 22.5. The molecule has 7 nitrogen and oxygen atoms in total. The molecular formula is C24H30N4O3. The van der Waals surface area contributed by atoms with Gasteiger partial charge in [-0.15, -0.1) is 0 Å². The Balaban J connectivity index is 1.43. The molecule has 7 heteroatoms. The highest BCUT2D eigenvalue weighted by Crippen LogP contribution is 2.36. The third-order valence-corrected chi connectivity index (χ3v) is 7.11. The third kappa shape index (κ3) is 3.35. The first-order valence-electron chi connectivity index (χ1n) is 11.2. The number of aromatic amines is 1. The first kappa shape index (κ1) is 20.2. The number of rotatable bonds is 3. The quantitative estimate of drug-likeness (QED) is 0.824. The van der Waals surface area contributed by atoms with E-state index in [-0.39, 0.29) is 29.1 Å². The Morgan fingerprint density at radius 1 is 1.16 bits per heavy atom. The SMILES string of the molecule is Cc1c(C(=O)N2C[C@@H]3C[C@H](C2)c2ccc(CN(C)C)c(=O)n2C3)[nH]c2c1C(=O)CCC2. The number of carbonyl (C=O) groups excluding carboxylic acids is 2. The fraction of sp³-hybridized carbons (Fsp3) is 0.542. The largest absolute Gasteiger partial charge is 0.354 e. The Hall–Kier alpha value is -2.67. The van der Waals surface area contributed by atoms with Gasteiger partial charge in [-0.25, -0.2) is 0 Å². The summed E-state index contributed by atoms with van der Waals surface area (Å²) in [6, 6.07) is 4.02. The molecule has 3 aliphatic rings. The molecule has 5 rings (SSSR count). The molecule has 2 bridgehead atoms. The van der Waals surface area contributed by atoms with Gasteiger partial charge < -0.3 is 19.4 Å². The Labute approximate surface area is 182 Å². The van der Waals surface area contributed by atoms with Crippen LogP contribution in [-0.2, 0) is 19.5 Å². The third-order valence-electron chi connectivity index (χ3n) is 7.11. The van der Waals surface area contributed by atoms with Crippen molar-refractivity contribution in [3.63, 3.8) is 0 Å². The lowest BCUT2D eigenvalue weighted by Crippen LogP contribution is -2.49. The van der Waals surface area contributed by atoms with Crippen molar-refractivity contribution in [3.8, 4) is 0 Å². The van der Waals surface area contributed by atoms with Crippen molar-refractivity contribution in [3.05, 3.63) is 56.3 Å². The summed E-state index contributed by atoms with van der Waals surface area (Å²) in [5.74, 6) is 0.568. The number of fused-ring (bicyclic) bond motifs is 5. The molecule has 2 aliphatic heterocycles. The lowest BCUT2D eigenvalue weighted by molar-refractivity contribution is 0.0588. The maximum Gasteiger partial charge on any atom is 0.270 e. The van der Waals surface area contributed by atoms with E-state index in [1.807, 2.05) is 41.5 Å². The van der Waals surface area contributed by atoms with E-state index in [9.17, 15) is 14.4 Å². The maximum absolute atomic E-state index is 13.4. The van der Waals surface area contributed by atoms with Gasteiger partial charge >= 0.3 is 0 Å². The van der Waals surface area contributed by atoms with Crippen molar-refractivity contribution in [1.82, 2.24) is 19.4 Å². The molecule has 0 spiro atoms. The highest BCUT2D eigenvalue weighted by molar-refractivity contribution is 6.04. The second-order valence-electron chi connectivity index (χ2n) is 9.70. The van der Waals surface area contributed by atoms with Gasteiger partial charge in [-0.05, 0) is 57.8 Å². The summed E-state index contributed by atoms with van der Waals surface area (Å²) in [6.07, 6.45) is 3.24. The van der Waals surface area contributed by atoms with E-state index < -0.39 is 0 Å². The Morgan fingerprint density at radius 2 is 1.97 bits per heavy atom. The first-order valence-corrected chi connectivity index (χ1v) is 11.2. The van der Waals surface area contributed by atoms with Gasteiger partial charge in [0.2, 0.25) is 0 Å². The smallest absolute Gasteiger partial charge is 0.270 e. The molecule has 1 aliphatic carbocycles. The minimum Gasteiger partial charge on any atom is -0.354 e. The maximum atomic E-state index is 13.4. The minimum absolute atomic E-state index is 0.0191. The number of carbonyl (C=O) groups is 2. The Kier molecular flexibility index (Phi) is 4.88. The number of nitrogens with one attached hydrogen (secondary N) is 1. The van der Waals surface area contributed by atoms with Crippen LogP contribution in [0.3, 0.4) is 0 Å². The van der Waals surface area contributed by atoms with Gasteiger partial charge in [0.05, 0.1) is 0 Å². The van der Waals surface area contributed by atoms with E-state index in [4.69, 9.17) is 0 Å². The number of piperidine rings is 1. The number of ketones is 1. The molecule has 2 atom stereocenters. The van der Waals surface area contributed by atoms with Crippen LogP contribution < -0.4 is 5.56 Å². The van der Waals surface area contributed by atoms with Crippen LogP contribution in [0.2, 0.25) is 0 Å². The van der Waals surface area contributed by atoms with Gasteiger partial charge in [-0.2, -0.15) is 0 Å². The second-order valence-corrected chi connectivity index (χ2v) is 9.70. The first-order chi connectivity index (χ1) is 14.8. The van der Waals surface area contributed by atoms with Gasteiger partial charge in [-0.3, -0.25) is 14.4 Å². The average Bonchev–Trinajstić information content (AvgIpc) is 3.07. The molecule has 2 aromatic rings. The molecule has 164 valence electrons. The van der Waals surface area contributed by atoms with Crippen molar-refractivity contribution in [2.45, 2.75) is 51.6 Å². The van der Waals surface area contributed by atoms with Crippen molar-refractivity contribution in [2.75, 3.05) is 27.2 Å². The van der Waals surface area contributed by atoms with Crippen LogP contribution in [0.4, 0.5) is 0 Å². The van der Waals surface area contributed by atoms with Crippen molar-refractivity contribution in [1.29, 1.82) is 0 Å². The lowest BCUT2D eigenvalue weighted by Gasteiger charge is -2.43. The van der Waals surface area contributed by atoms with E-state index in [2.05, 4.69) is 11.1 Å². The molecule has 0 aromatic carbocycles. The van der Waals surface area contributed by atoms with Gasteiger partial charge in [0, 0.05) is 61.0 Å². The van der Waals surface area contributed by atoms with Crippen molar-refractivity contribution < 1.29 is 9.59 Å². The van der Waals surface area contributed by atoms with Crippen molar-refractivity contribution in [2.24, 2.45) is 5.92 Å². The monoisotopic (exact) mass is 422 g/mol. The number of aromatic nitrogens is 2. The number of nitrogens with zero attached hydrogens (tertiary/aromatic N) is 3. The number of likely N-dealkylation sites (tertiary alicyclic amines) is 1. The van der Waals surface area contributed by atoms with Crippen LogP contribution in [0.1, 0.15) is 68.5 Å². The summed E-state index contributed by atoms with van der Waals surface area (Å²) in [4.78, 5) is 46.0. The molecule has 0 saturated carbocycles. The van der Waals surface area contributed by atoms with Crippen LogP contribution in [0, 0.1) is 12.8 Å². The number of pyridine rings is 1. The number of aryl methyl sites for hydroxylation is 1. The van der Waals surface area contributed by atoms with Crippen LogP contribution in [-0.4, -0.2) is 58.2 Å². The van der Waals surface area contributed by atoms with Crippen LogP contribution in [0.25, 0.3) is 0 Å². The number of H-pyrrole nitrogens is 1. The fourth-order valence-corrected chi connectivity index (χ4v) is 5.76. The minimum atomic E-state index is -0.0191. The molecule has 0 unspecified atom stereocenters. The number of amides is 1. The Bertz CT molecular complexity index is 1130. The van der Waals surface area contributed by atoms with E-state index in [1.54, 1.807) is 0 Å². The van der Waals surface area contributed by atoms with E-state index in [1.165, 1.54) is 0 Å². The molecule has 2 aromatic heterocycles. The summed E-state index contributed by atoms with van der Waals surface area (Å²) in [5, 5.41) is 0. The number of Topliss-reactive ketones (excluding diaryl/α,β-unsaturated/α-hetero) is 1. The average molecular weight is 423 g/mol. The highest BCUT2D eigenvalue weighted by Gasteiger charge is 2.38. The molecule has 1 N–H and O–H groups in total. The van der Waals surface area contributed by atoms with Crippen LogP contribution >= 0.6 is 0 Å². The van der Waals surface area contributed by atoms with Gasteiger partial charge in [0.15, 0.2) is 5.78 Å². The molecule has 1 saturated heterocycles. The zero-order valence-electron chi connectivity index (χ0n) is 18.5. The molecule has 1 fully saturated rings. The number of hydrogen-bond acceptors (Lipinski definition) is 4. The fourth-order valence-electron chi connectivity index (χ4n) is 5.76. The van der Waals surface area contributed by atoms with Gasteiger partial charge in [-0.1, -0.05) is 6.07 Å². The predicted molar refractivity (Wildman–Crippen MR) is 118 cm³/mol. The lowest BCUT2D eigenvalue weighted by atomic mass is 9.82. The summed E-state index contributed by atoms with van der Waals surface area (Å²) in [6.45, 7) is 4.44. The molecular weight excluding hydrogens is 392 g/mol. The highest BCUT2D eigenvalue weighted by atomic mass is 16.2. The Morgan fingerprint density at radius 3 is 2.71 bits per heavy atom. The van der Waals surface area contributed by atoms with E-state index in [0.717, 1.165) is 47.3 Å². The van der Waals surface area contributed by atoms with Crippen molar-refractivity contribution >= 4 is 11.7 Å². The molecule has 31 heavy (non-hydrogen) atoms. The zero-order chi connectivity index (χ0) is 21.9. The number of hydrogen-bond donors (Lipinski definition) is 1. The predicted octanol–water partition coefficient (Wildman–Crippen LogP) is 2.32. The molecule has 1 amide bonds. The zero-order valence-corrected chi connectivity index (χ0v) is 18.5.